The molecule has 4 rings (SSSR count). The number of rotatable bonds is 1. The number of H-pyrrole nitrogens is 1. The molecule has 6 nitrogen and oxygen atoms in total. The maximum Gasteiger partial charge on any atom is 0.275 e. The van der Waals surface area contributed by atoms with Gasteiger partial charge in [-0.2, -0.15) is 5.10 Å². The number of piperazine rings is 1. The molecule has 2 aliphatic rings. The third kappa shape index (κ3) is 1.63. The zero-order valence-corrected chi connectivity index (χ0v) is 10.5. The van der Waals surface area contributed by atoms with Gasteiger partial charge in [-0.15, -0.1) is 0 Å². The number of carbonyl (C=O) groups is 1. The highest BCUT2D eigenvalue weighted by Gasteiger charge is 2.36. The molecule has 2 atom stereocenters. The number of aromatic amines is 1. The van der Waals surface area contributed by atoms with E-state index in [1.165, 1.54) is 0 Å². The fourth-order valence-corrected chi connectivity index (χ4v) is 3.12. The van der Waals surface area contributed by atoms with E-state index in [-0.39, 0.29) is 5.91 Å². The van der Waals surface area contributed by atoms with Crippen LogP contribution in [0, 0.1) is 0 Å². The van der Waals surface area contributed by atoms with Crippen LogP contribution in [-0.2, 0) is 0 Å². The Kier molecular flexibility index (Phi) is 2.32. The Morgan fingerprint density at radius 3 is 3.26 bits per heavy atom. The molecular weight excluding hydrogens is 242 g/mol. The average molecular weight is 257 g/mol. The second kappa shape index (κ2) is 4.03. The quantitative estimate of drug-likeness (QED) is 0.807. The second-order valence-electron chi connectivity index (χ2n) is 5.21. The molecule has 1 amide bonds. The first-order chi connectivity index (χ1) is 9.33. The molecule has 2 saturated heterocycles. The fourth-order valence-electron chi connectivity index (χ4n) is 3.12. The number of hydrogen-bond acceptors (Lipinski definition) is 4. The third-order valence-electron chi connectivity index (χ3n) is 4.15. The number of nitrogens with one attached hydrogen (secondary N) is 1. The maximum atomic E-state index is 12.7. The SMILES string of the molecule is O=C(c1n[nH]c2ncccc12)N1CCN2CCC1C2. The minimum atomic E-state index is 0.0331. The molecule has 19 heavy (non-hydrogen) atoms. The van der Waals surface area contributed by atoms with Gasteiger partial charge in [-0.25, -0.2) is 4.98 Å². The van der Waals surface area contributed by atoms with E-state index in [4.69, 9.17) is 0 Å². The van der Waals surface area contributed by atoms with Crippen LogP contribution >= 0.6 is 0 Å². The van der Waals surface area contributed by atoms with Gasteiger partial charge in [0.15, 0.2) is 11.3 Å². The van der Waals surface area contributed by atoms with Crippen molar-refractivity contribution in [3.05, 3.63) is 24.0 Å². The van der Waals surface area contributed by atoms with Gasteiger partial charge in [0.05, 0.1) is 5.39 Å². The Morgan fingerprint density at radius 1 is 1.37 bits per heavy atom. The highest BCUT2D eigenvalue weighted by molar-refractivity contribution is 6.03. The third-order valence-corrected chi connectivity index (χ3v) is 4.15. The van der Waals surface area contributed by atoms with E-state index >= 15 is 0 Å². The van der Waals surface area contributed by atoms with Crippen molar-refractivity contribution in [3.8, 4) is 0 Å². The summed E-state index contributed by atoms with van der Waals surface area (Å²) in [5.41, 5.74) is 1.18. The average Bonchev–Trinajstić information content (AvgIpc) is 3.03. The van der Waals surface area contributed by atoms with Gasteiger partial charge in [0.1, 0.15) is 0 Å². The molecule has 0 spiro atoms. The normalized spacial score (nSPS) is 26.0. The number of carbonyl (C=O) groups excluding carboxylic acids is 1. The summed E-state index contributed by atoms with van der Waals surface area (Å²) >= 11 is 0. The summed E-state index contributed by atoms with van der Waals surface area (Å²) in [4.78, 5) is 21.2. The highest BCUT2D eigenvalue weighted by Crippen LogP contribution is 2.23. The van der Waals surface area contributed by atoms with Crippen LogP contribution in [0.1, 0.15) is 16.9 Å². The minimum absolute atomic E-state index is 0.0331. The summed E-state index contributed by atoms with van der Waals surface area (Å²) in [6, 6.07) is 4.08. The molecule has 1 N–H and O–H groups in total. The van der Waals surface area contributed by atoms with Gasteiger partial charge in [-0.1, -0.05) is 0 Å². The lowest BCUT2D eigenvalue weighted by atomic mass is 10.1. The number of pyridine rings is 1. The number of nitrogens with zero attached hydrogens (tertiary/aromatic N) is 4. The van der Waals surface area contributed by atoms with Crippen molar-refractivity contribution in [2.45, 2.75) is 12.5 Å². The van der Waals surface area contributed by atoms with Crippen LogP contribution in [-0.4, -0.2) is 63.1 Å². The van der Waals surface area contributed by atoms with Crippen molar-refractivity contribution in [1.29, 1.82) is 0 Å². The standard InChI is InChI=1S/C13H15N5O/c19-13(18-7-6-17-5-3-9(18)8-17)11-10-2-1-4-14-12(10)16-15-11/h1-2,4,9H,3,5-8H2,(H,14,15,16). The molecule has 2 aliphatic heterocycles. The molecule has 2 aromatic rings. The van der Waals surface area contributed by atoms with E-state index in [2.05, 4.69) is 20.1 Å². The first-order valence-electron chi connectivity index (χ1n) is 6.65. The lowest BCUT2D eigenvalue weighted by Crippen LogP contribution is -2.49. The predicted molar refractivity (Wildman–Crippen MR) is 69.8 cm³/mol. The summed E-state index contributed by atoms with van der Waals surface area (Å²) in [6.07, 6.45) is 2.77. The number of amides is 1. The molecule has 0 aromatic carbocycles. The van der Waals surface area contributed by atoms with Crippen LogP contribution in [0.25, 0.3) is 11.0 Å². The summed E-state index contributed by atoms with van der Waals surface area (Å²) in [5.74, 6) is 0.0331. The van der Waals surface area contributed by atoms with Gasteiger partial charge in [-0.05, 0) is 18.6 Å². The molecular formula is C13H15N5O. The summed E-state index contributed by atoms with van der Waals surface area (Å²) in [6.45, 7) is 3.89. The Balaban J connectivity index is 1.70. The molecule has 2 unspecified atom stereocenters. The van der Waals surface area contributed by atoms with E-state index in [1.807, 2.05) is 17.0 Å². The van der Waals surface area contributed by atoms with E-state index in [1.54, 1.807) is 6.20 Å². The topological polar surface area (TPSA) is 65.1 Å². The van der Waals surface area contributed by atoms with Crippen LogP contribution in [0.3, 0.4) is 0 Å². The second-order valence-corrected chi connectivity index (χ2v) is 5.21. The van der Waals surface area contributed by atoms with Crippen LogP contribution in [0.2, 0.25) is 0 Å². The van der Waals surface area contributed by atoms with E-state index in [9.17, 15) is 4.79 Å². The summed E-state index contributed by atoms with van der Waals surface area (Å²) < 4.78 is 0. The molecule has 0 aliphatic carbocycles. The van der Waals surface area contributed by atoms with Gasteiger partial charge < -0.3 is 4.90 Å². The number of hydrogen-bond donors (Lipinski definition) is 1. The Bertz CT molecular complexity index is 637. The van der Waals surface area contributed by atoms with Crippen molar-refractivity contribution < 1.29 is 4.79 Å². The molecule has 2 aromatic heterocycles. The first-order valence-corrected chi connectivity index (χ1v) is 6.65. The van der Waals surface area contributed by atoms with Crippen LogP contribution < -0.4 is 0 Å². The Morgan fingerprint density at radius 2 is 2.32 bits per heavy atom. The zero-order chi connectivity index (χ0) is 12.8. The van der Waals surface area contributed by atoms with Crippen molar-refractivity contribution >= 4 is 16.9 Å². The number of aromatic nitrogens is 3. The Hall–Kier alpha value is -1.95. The molecule has 2 fully saturated rings. The van der Waals surface area contributed by atoms with Gasteiger partial charge in [0, 0.05) is 38.4 Å². The van der Waals surface area contributed by atoms with Crippen LogP contribution in [0.15, 0.2) is 18.3 Å². The molecule has 4 heterocycles. The van der Waals surface area contributed by atoms with Gasteiger partial charge >= 0.3 is 0 Å². The highest BCUT2D eigenvalue weighted by atomic mass is 16.2. The molecule has 2 bridgehead atoms. The largest absolute Gasteiger partial charge is 0.332 e. The number of fused-ring (bicyclic) bond motifs is 3. The lowest BCUT2D eigenvalue weighted by Gasteiger charge is -2.33. The zero-order valence-electron chi connectivity index (χ0n) is 10.5. The van der Waals surface area contributed by atoms with Gasteiger partial charge in [0.2, 0.25) is 0 Å². The molecule has 0 radical (unpaired) electrons. The molecule has 6 heteroatoms. The molecule has 98 valence electrons. The van der Waals surface area contributed by atoms with Crippen LogP contribution in [0.4, 0.5) is 0 Å². The minimum Gasteiger partial charge on any atom is -0.332 e. The van der Waals surface area contributed by atoms with Crippen molar-refractivity contribution in [3.63, 3.8) is 0 Å². The van der Waals surface area contributed by atoms with Crippen molar-refractivity contribution in [1.82, 2.24) is 25.0 Å². The van der Waals surface area contributed by atoms with Crippen LogP contribution in [0.5, 0.6) is 0 Å². The van der Waals surface area contributed by atoms with Crippen molar-refractivity contribution in [2.75, 3.05) is 26.2 Å². The Labute approximate surface area is 110 Å². The first kappa shape index (κ1) is 10.9. The van der Waals surface area contributed by atoms with E-state index in [0.29, 0.717) is 17.4 Å². The summed E-state index contributed by atoms with van der Waals surface area (Å²) in [5, 5.41) is 7.81. The van der Waals surface area contributed by atoms with Crippen molar-refractivity contribution in [2.24, 2.45) is 0 Å². The predicted octanol–water partition coefficient (Wildman–Crippen LogP) is 0.488. The van der Waals surface area contributed by atoms with E-state index < -0.39 is 0 Å². The van der Waals surface area contributed by atoms with Gasteiger partial charge in [-0.3, -0.25) is 14.8 Å². The van der Waals surface area contributed by atoms with Gasteiger partial charge in [0.25, 0.3) is 5.91 Å². The lowest BCUT2D eigenvalue weighted by molar-refractivity contribution is 0.0605. The smallest absolute Gasteiger partial charge is 0.275 e. The maximum absolute atomic E-state index is 12.7. The fraction of sp³-hybridized carbons (Fsp3) is 0.462. The van der Waals surface area contributed by atoms with E-state index in [0.717, 1.165) is 38.0 Å². The molecule has 0 saturated carbocycles. The summed E-state index contributed by atoms with van der Waals surface area (Å²) in [7, 11) is 0. The monoisotopic (exact) mass is 257 g/mol.